The topological polar surface area (TPSA) is 51.7 Å². The van der Waals surface area contributed by atoms with Gasteiger partial charge in [-0.3, -0.25) is 0 Å². The molecule has 0 aliphatic heterocycles. The van der Waals surface area contributed by atoms with E-state index in [9.17, 15) is 0 Å². The van der Waals surface area contributed by atoms with Gasteiger partial charge in [-0.05, 0) is 12.1 Å². The lowest BCUT2D eigenvalue weighted by molar-refractivity contribution is 0.475. The Labute approximate surface area is 114 Å². The van der Waals surface area contributed by atoms with Gasteiger partial charge in [0, 0.05) is 8.80 Å². The largest absolute Gasteiger partial charge is 0.508 e. The van der Waals surface area contributed by atoms with Crippen LogP contribution in [0.3, 0.4) is 0 Å². The van der Waals surface area contributed by atoms with Gasteiger partial charge in [0.15, 0.2) is 0 Å². The second-order valence-electron chi connectivity index (χ2n) is 5.64. The minimum atomic E-state index is -0.454. The summed E-state index contributed by atoms with van der Waals surface area (Å²) < 4.78 is 0. The molecule has 3 heteroatoms. The zero-order valence-corrected chi connectivity index (χ0v) is 13.8. The number of hydrogen-bond donors (Lipinski definition) is 1. The van der Waals surface area contributed by atoms with Crippen LogP contribution in [-0.2, 0) is 0 Å². The van der Waals surface area contributed by atoms with E-state index in [1.165, 1.54) is 0 Å². The molecular formula is C15H30O2Si. The first-order chi connectivity index (χ1) is 7.86. The van der Waals surface area contributed by atoms with Crippen molar-refractivity contribution in [2.24, 2.45) is 0 Å². The average molecular weight is 270 g/mol. The maximum atomic E-state index is 8.63. The summed E-state index contributed by atoms with van der Waals surface area (Å²) in [7, 11) is -0.454. The average Bonchev–Trinajstić information content (AvgIpc) is 2.17. The maximum Gasteiger partial charge on any atom is 0.115 e. The Morgan fingerprint density at radius 1 is 0.778 bits per heavy atom. The Kier molecular flexibility index (Phi) is 11.0. The minimum absolute atomic E-state index is 0. The third kappa shape index (κ3) is 8.31. The molecule has 0 aliphatic carbocycles. The van der Waals surface area contributed by atoms with Crippen molar-refractivity contribution in [3.8, 4) is 5.75 Å². The number of benzene rings is 1. The van der Waals surface area contributed by atoms with Crippen LogP contribution in [0.5, 0.6) is 5.75 Å². The standard InChI is InChI=1S/C9H22Si.C6H6O.H2O/c1-7(2)10(8(3)4)9(5)6;7-6-4-2-1-3-5-6;/h7-10H,1-6H3;1-5,7H;1H2. The Morgan fingerprint density at radius 3 is 1.22 bits per heavy atom. The first-order valence-corrected chi connectivity index (χ1v) is 8.60. The highest BCUT2D eigenvalue weighted by atomic mass is 28.3. The normalized spacial score (nSPS) is 10.3. The van der Waals surface area contributed by atoms with Gasteiger partial charge in [-0.1, -0.05) is 76.4 Å². The van der Waals surface area contributed by atoms with Crippen LogP contribution >= 0.6 is 0 Å². The fourth-order valence-electron chi connectivity index (χ4n) is 2.74. The summed E-state index contributed by atoms with van der Waals surface area (Å²) in [5.74, 6) is 0.322. The first-order valence-electron chi connectivity index (χ1n) is 6.60. The lowest BCUT2D eigenvalue weighted by Crippen LogP contribution is -2.24. The SMILES string of the molecule is CC(C)[SiH](C(C)C)C(C)C.O.Oc1ccccc1. The molecule has 0 aliphatic rings. The van der Waals surface area contributed by atoms with E-state index < -0.39 is 8.80 Å². The van der Waals surface area contributed by atoms with Gasteiger partial charge in [0.05, 0.1) is 0 Å². The molecule has 0 bridgehead atoms. The highest BCUT2D eigenvalue weighted by Gasteiger charge is 2.22. The van der Waals surface area contributed by atoms with Gasteiger partial charge < -0.3 is 10.6 Å². The molecule has 0 heterocycles. The molecular weight excluding hydrogens is 240 g/mol. The number of phenols is 1. The van der Waals surface area contributed by atoms with Crippen LogP contribution in [0.4, 0.5) is 0 Å². The summed E-state index contributed by atoms with van der Waals surface area (Å²) in [5, 5.41) is 8.63. The molecule has 1 aromatic rings. The molecule has 3 N–H and O–H groups in total. The van der Waals surface area contributed by atoms with Crippen LogP contribution < -0.4 is 0 Å². The molecule has 0 unspecified atom stereocenters. The van der Waals surface area contributed by atoms with Gasteiger partial charge in [0.2, 0.25) is 0 Å². The summed E-state index contributed by atoms with van der Waals surface area (Å²) in [6.45, 7) is 14.3. The van der Waals surface area contributed by atoms with E-state index in [-0.39, 0.29) is 5.48 Å². The Bertz CT molecular complexity index is 265. The summed E-state index contributed by atoms with van der Waals surface area (Å²) in [5.41, 5.74) is 2.92. The molecule has 0 spiro atoms. The van der Waals surface area contributed by atoms with Crippen LogP contribution in [0.1, 0.15) is 41.5 Å². The van der Waals surface area contributed by atoms with Crippen LogP contribution in [0.25, 0.3) is 0 Å². The number of hydrogen-bond acceptors (Lipinski definition) is 1. The van der Waals surface area contributed by atoms with Crippen molar-refractivity contribution >= 4 is 8.80 Å². The highest BCUT2D eigenvalue weighted by molar-refractivity contribution is 6.63. The van der Waals surface area contributed by atoms with E-state index in [1.807, 2.05) is 6.07 Å². The second kappa shape index (κ2) is 10.2. The molecule has 0 saturated heterocycles. The number of para-hydroxylation sites is 1. The summed E-state index contributed by atoms with van der Waals surface area (Å²) in [6.07, 6.45) is 0. The summed E-state index contributed by atoms with van der Waals surface area (Å²) in [6, 6.07) is 8.71. The summed E-state index contributed by atoms with van der Waals surface area (Å²) >= 11 is 0. The number of rotatable bonds is 3. The van der Waals surface area contributed by atoms with E-state index in [4.69, 9.17) is 5.11 Å². The van der Waals surface area contributed by atoms with Gasteiger partial charge in [0.1, 0.15) is 5.75 Å². The van der Waals surface area contributed by atoms with Crippen LogP contribution in [-0.4, -0.2) is 19.4 Å². The minimum Gasteiger partial charge on any atom is -0.508 e. The van der Waals surface area contributed by atoms with Crippen LogP contribution in [0, 0.1) is 0 Å². The fourth-order valence-corrected chi connectivity index (χ4v) is 7.36. The molecule has 0 atom stereocenters. The van der Waals surface area contributed by atoms with Crippen molar-refractivity contribution in [1.29, 1.82) is 0 Å². The van der Waals surface area contributed by atoms with E-state index >= 15 is 0 Å². The third-order valence-electron chi connectivity index (χ3n) is 3.07. The van der Waals surface area contributed by atoms with E-state index in [0.29, 0.717) is 5.75 Å². The van der Waals surface area contributed by atoms with Gasteiger partial charge in [-0.25, -0.2) is 0 Å². The summed E-state index contributed by atoms with van der Waals surface area (Å²) in [4.78, 5) is 0. The van der Waals surface area contributed by atoms with Crippen molar-refractivity contribution in [1.82, 2.24) is 0 Å². The van der Waals surface area contributed by atoms with Crippen molar-refractivity contribution in [2.45, 2.75) is 58.2 Å². The fraction of sp³-hybridized carbons (Fsp3) is 0.600. The van der Waals surface area contributed by atoms with Crippen molar-refractivity contribution < 1.29 is 10.6 Å². The first kappa shape index (κ1) is 19.5. The molecule has 0 saturated carbocycles. The zero-order chi connectivity index (χ0) is 13.4. The molecule has 1 aromatic carbocycles. The lowest BCUT2D eigenvalue weighted by atomic mass is 10.3. The lowest BCUT2D eigenvalue weighted by Gasteiger charge is -2.26. The van der Waals surface area contributed by atoms with Gasteiger partial charge in [0.25, 0.3) is 0 Å². The third-order valence-corrected chi connectivity index (χ3v) is 7.68. The van der Waals surface area contributed by atoms with E-state index in [1.54, 1.807) is 24.3 Å². The molecule has 0 amide bonds. The van der Waals surface area contributed by atoms with E-state index in [0.717, 1.165) is 16.6 Å². The zero-order valence-electron chi connectivity index (χ0n) is 12.6. The molecule has 0 aromatic heterocycles. The molecule has 106 valence electrons. The smallest absolute Gasteiger partial charge is 0.115 e. The van der Waals surface area contributed by atoms with Gasteiger partial charge in [-0.2, -0.15) is 0 Å². The monoisotopic (exact) mass is 270 g/mol. The molecule has 2 nitrogen and oxygen atoms in total. The number of aromatic hydroxyl groups is 1. The Balaban J connectivity index is 0. The highest BCUT2D eigenvalue weighted by Crippen LogP contribution is 2.28. The molecule has 0 radical (unpaired) electrons. The van der Waals surface area contributed by atoms with Crippen molar-refractivity contribution in [3.05, 3.63) is 30.3 Å². The Hall–Kier alpha value is -0.803. The maximum absolute atomic E-state index is 8.63. The Morgan fingerprint density at radius 2 is 1.11 bits per heavy atom. The van der Waals surface area contributed by atoms with Crippen LogP contribution in [0.15, 0.2) is 30.3 Å². The quantitative estimate of drug-likeness (QED) is 0.829. The second-order valence-corrected chi connectivity index (χ2v) is 10.8. The van der Waals surface area contributed by atoms with E-state index in [2.05, 4.69) is 41.5 Å². The van der Waals surface area contributed by atoms with Crippen LogP contribution in [0.2, 0.25) is 16.6 Å². The van der Waals surface area contributed by atoms with Gasteiger partial charge >= 0.3 is 0 Å². The van der Waals surface area contributed by atoms with Crippen molar-refractivity contribution in [3.63, 3.8) is 0 Å². The van der Waals surface area contributed by atoms with Gasteiger partial charge in [-0.15, -0.1) is 0 Å². The molecule has 0 fully saturated rings. The molecule has 18 heavy (non-hydrogen) atoms. The predicted molar refractivity (Wildman–Crippen MR) is 84.2 cm³/mol. The number of phenolic OH excluding ortho intramolecular Hbond substituents is 1. The van der Waals surface area contributed by atoms with Crippen molar-refractivity contribution in [2.75, 3.05) is 0 Å². The molecule has 1 rings (SSSR count). The predicted octanol–water partition coefficient (Wildman–Crippen LogP) is 4.01.